The van der Waals surface area contributed by atoms with E-state index in [0.29, 0.717) is 5.69 Å². The third kappa shape index (κ3) is 2.50. The van der Waals surface area contributed by atoms with E-state index < -0.39 is 6.04 Å². The summed E-state index contributed by atoms with van der Waals surface area (Å²) in [7, 11) is 0. The normalized spacial score (nSPS) is 18.5. The molecule has 0 bridgehead atoms. The van der Waals surface area contributed by atoms with Gasteiger partial charge < -0.3 is 5.32 Å². The second-order valence-electron chi connectivity index (χ2n) is 5.02. The maximum atomic E-state index is 12.3. The predicted molar refractivity (Wildman–Crippen MR) is 78.7 cm³/mol. The van der Waals surface area contributed by atoms with Gasteiger partial charge in [-0.1, -0.05) is 30.3 Å². The van der Waals surface area contributed by atoms with E-state index in [1.807, 2.05) is 43.3 Å². The van der Waals surface area contributed by atoms with Crippen molar-refractivity contribution in [2.75, 3.05) is 11.4 Å². The second-order valence-corrected chi connectivity index (χ2v) is 5.02. The summed E-state index contributed by atoms with van der Waals surface area (Å²) >= 11 is 0. The van der Waals surface area contributed by atoms with Crippen molar-refractivity contribution in [2.45, 2.75) is 13.0 Å². The molecule has 1 unspecified atom stereocenters. The van der Waals surface area contributed by atoms with Crippen molar-refractivity contribution in [2.24, 2.45) is 0 Å². The van der Waals surface area contributed by atoms with E-state index in [9.17, 15) is 9.59 Å². The summed E-state index contributed by atoms with van der Waals surface area (Å²) in [5.41, 5.74) is 2.37. The molecule has 5 heteroatoms. The molecule has 1 saturated heterocycles. The van der Waals surface area contributed by atoms with Gasteiger partial charge in [0.15, 0.2) is 0 Å². The van der Waals surface area contributed by atoms with Gasteiger partial charge in [-0.15, -0.1) is 0 Å². The molecule has 21 heavy (non-hydrogen) atoms. The number of carbonyl (C=O) groups excluding carboxylic acids is 2. The Morgan fingerprint density at radius 3 is 2.67 bits per heavy atom. The molecule has 0 radical (unpaired) electrons. The van der Waals surface area contributed by atoms with Gasteiger partial charge in [-0.3, -0.25) is 19.5 Å². The SMILES string of the molecule is Cc1cncc(N2C(=O)CNC(=O)C2c2ccccc2)c1. The number of carbonyl (C=O) groups is 2. The van der Waals surface area contributed by atoms with Crippen LogP contribution < -0.4 is 10.2 Å². The van der Waals surface area contributed by atoms with Crippen LogP contribution in [0.3, 0.4) is 0 Å². The molecular formula is C16H15N3O2. The number of nitrogens with zero attached hydrogens (tertiary/aromatic N) is 2. The first-order valence-corrected chi connectivity index (χ1v) is 6.73. The van der Waals surface area contributed by atoms with E-state index in [4.69, 9.17) is 0 Å². The van der Waals surface area contributed by atoms with E-state index >= 15 is 0 Å². The number of amides is 2. The van der Waals surface area contributed by atoms with Crippen LogP contribution in [0, 0.1) is 6.92 Å². The van der Waals surface area contributed by atoms with Gasteiger partial charge in [0.1, 0.15) is 6.04 Å². The van der Waals surface area contributed by atoms with Crippen LogP contribution in [-0.2, 0) is 9.59 Å². The number of aryl methyl sites for hydroxylation is 1. The van der Waals surface area contributed by atoms with Gasteiger partial charge >= 0.3 is 0 Å². The summed E-state index contributed by atoms with van der Waals surface area (Å²) in [6.45, 7) is 1.92. The monoisotopic (exact) mass is 281 g/mol. The highest BCUT2D eigenvalue weighted by Gasteiger charge is 2.36. The van der Waals surface area contributed by atoms with Gasteiger partial charge in [-0.05, 0) is 24.1 Å². The van der Waals surface area contributed by atoms with E-state index in [-0.39, 0.29) is 18.4 Å². The number of nitrogens with one attached hydrogen (secondary N) is 1. The summed E-state index contributed by atoms with van der Waals surface area (Å²) < 4.78 is 0. The average molecular weight is 281 g/mol. The summed E-state index contributed by atoms with van der Waals surface area (Å²) in [5, 5.41) is 2.64. The van der Waals surface area contributed by atoms with Crippen molar-refractivity contribution in [1.82, 2.24) is 10.3 Å². The van der Waals surface area contributed by atoms with Crippen LogP contribution in [0.2, 0.25) is 0 Å². The molecule has 2 heterocycles. The van der Waals surface area contributed by atoms with Crippen LogP contribution in [-0.4, -0.2) is 23.3 Å². The molecule has 1 aliphatic rings. The van der Waals surface area contributed by atoms with Crippen molar-refractivity contribution >= 4 is 17.5 Å². The molecule has 106 valence electrons. The quantitative estimate of drug-likeness (QED) is 0.909. The van der Waals surface area contributed by atoms with E-state index in [2.05, 4.69) is 10.3 Å². The fraction of sp³-hybridized carbons (Fsp3) is 0.188. The topological polar surface area (TPSA) is 62.3 Å². The molecule has 1 N–H and O–H groups in total. The Morgan fingerprint density at radius 2 is 1.95 bits per heavy atom. The lowest BCUT2D eigenvalue weighted by Gasteiger charge is -2.35. The predicted octanol–water partition coefficient (Wildman–Crippen LogP) is 1.59. The van der Waals surface area contributed by atoms with Crippen LogP contribution in [0.1, 0.15) is 17.2 Å². The molecule has 2 aromatic rings. The first-order valence-electron chi connectivity index (χ1n) is 6.73. The zero-order chi connectivity index (χ0) is 14.8. The molecule has 0 spiro atoms. The molecular weight excluding hydrogens is 266 g/mol. The van der Waals surface area contributed by atoms with Crippen LogP contribution in [0.15, 0.2) is 48.8 Å². The Bertz CT molecular complexity index is 685. The first-order chi connectivity index (χ1) is 10.2. The van der Waals surface area contributed by atoms with Gasteiger partial charge in [-0.25, -0.2) is 0 Å². The highest BCUT2D eigenvalue weighted by atomic mass is 16.2. The Kier molecular flexibility index (Phi) is 3.39. The number of hydrogen-bond donors (Lipinski definition) is 1. The van der Waals surface area contributed by atoms with Crippen molar-refractivity contribution in [3.63, 3.8) is 0 Å². The third-order valence-corrected chi connectivity index (χ3v) is 3.44. The molecule has 0 saturated carbocycles. The minimum absolute atomic E-state index is 0.0100. The summed E-state index contributed by atoms with van der Waals surface area (Å²) in [6, 6.07) is 10.5. The number of rotatable bonds is 2. The fourth-order valence-corrected chi connectivity index (χ4v) is 2.51. The molecule has 5 nitrogen and oxygen atoms in total. The van der Waals surface area contributed by atoms with Gasteiger partial charge in [0.25, 0.3) is 0 Å². The lowest BCUT2D eigenvalue weighted by molar-refractivity contribution is -0.131. The van der Waals surface area contributed by atoms with Crippen LogP contribution in [0.4, 0.5) is 5.69 Å². The standard InChI is InChI=1S/C16H15N3O2/c1-11-7-13(9-17-8-11)19-14(20)10-18-16(21)15(19)12-5-3-2-4-6-12/h2-9,15H,10H2,1H3,(H,18,21). The highest BCUT2D eigenvalue weighted by molar-refractivity contribution is 6.06. The smallest absolute Gasteiger partial charge is 0.248 e. The molecule has 1 atom stereocenters. The first kappa shape index (κ1) is 13.3. The average Bonchev–Trinajstić information content (AvgIpc) is 2.50. The lowest BCUT2D eigenvalue weighted by atomic mass is 10.0. The van der Waals surface area contributed by atoms with Crippen LogP contribution >= 0.6 is 0 Å². The van der Waals surface area contributed by atoms with Gasteiger partial charge in [0.2, 0.25) is 11.8 Å². The van der Waals surface area contributed by atoms with Gasteiger partial charge in [0.05, 0.1) is 18.4 Å². The van der Waals surface area contributed by atoms with Gasteiger partial charge in [0, 0.05) is 6.20 Å². The summed E-state index contributed by atoms with van der Waals surface area (Å²) in [4.78, 5) is 30.2. The largest absolute Gasteiger partial charge is 0.345 e. The number of pyridine rings is 1. The van der Waals surface area contributed by atoms with Gasteiger partial charge in [-0.2, -0.15) is 0 Å². The second kappa shape index (κ2) is 5.36. The number of anilines is 1. The number of aromatic nitrogens is 1. The molecule has 1 fully saturated rings. The zero-order valence-electron chi connectivity index (χ0n) is 11.6. The minimum Gasteiger partial charge on any atom is -0.345 e. The van der Waals surface area contributed by atoms with Crippen LogP contribution in [0.5, 0.6) is 0 Å². The minimum atomic E-state index is -0.656. The Morgan fingerprint density at radius 1 is 1.19 bits per heavy atom. The molecule has 0 aliphatic carbocycles. The fourth-order valence-electron chi connectivity index (χ4n) is 2.51. The zero-order valence-corrected chi connectivity index (χ0v) is 11.6. The Labute approximate surface area is 122 Å². The molecule has 1 aliphatic heterocycles. The van der Waals surface area contributed by atoms with Crippen molar-refractivity contribution in [3.8, 4) is 0 Å². The van der Waals surface area contributed by atoms with E-state index in [0.717, 1.165) is 11.1 Å². The maximum Gasteiger partial charge on any atom is 0.248 e. The van der Waals surface area contributed by atoms with Crippen molar-refractivity contribution < 1.29 is 9.59 Å². The lowest BCUT2D eigenvalue weighted by Crippen LogP contribution is -2.53. The number of hydrogen-bond acceptors (Lipinski definition) is 3. The third-order valence-electron chi connectivity index (χ3n) is 3.44. The number of piperazine rings is 1. The summed E-state index contributed by atoms with van der Waals surface area (Å²) in [6.07, 6.45) is 3.33. The summed E-state index contributed by atoms with van der Waals surface area (Å²) in [5.74, 6) is -0.321. The molecule has 2 amide bonds. The van der Waals surface area contributed by atoms with E-state index in [1.54, 1.807) is 12.4 Å². The highest BCUT2D eigenvalue weighted by Crippen LogP contribution is 2.29. The van der Waals surface area contributed by atoms with E-state index in [1.165, 1.54) is 4.90 Å². The van der Waals surface area contributed by atoms with Crippen molar-refractivity contribution in [1.29, 1.82) is 0 Å². The Hall–Kier alpha value is -2.69. The molecule has 1 aromatic carbocycles. The van der Waals surface area contributed by atoms with Crippen molar-refractivity contribution in [3.05, 3.63) is 59.9 Å². The van der Waals surface area contributed by atoms with Crippen LogP contribution in [0.25, 0.3) is 0 Å². The molecule has 3 rings (SSSR count). The molecule has 1 aromatic heterocycles. The number of benzene rings is 1. The Balaban J connectivity index is 2.08. The maximum absolute atomic E-state index is 12.3.